The summed E-state index contributed by atoms with van der Waals surface area (Å²) in [6.07, 6.45) is 1.87. The third-order valence-electron chi connectivity index (χ3n) is 3.34. The minimum Gasteiger partial charge on any atom is -0.377 e. The summed E-state index contributed by atoms with van der Waals surface area (Å²) in [7, 11) is 0. The second-order valence-electron chi connectivity index (χ2n) is 5.24. The smallest absolute Gasteiger partial charge is 0.274 e. The average molecular weight is 312 g/mol. The van der Waals surface area contributed by atoms with Crippen LogP contribution in [0.1, 0.15) is 37.2 Å². The zero-order chi connectivity index (χ0) is 15.2. The third-order valence-corrected chi connectivity index (χ3v) is 3.65. The molecule has 0 aromatic carbocycles. The van der Waals surface area contributed by atoms with Crippen LogP contribution in [-0.4, -0.2) is 48.1 Å². The number of nitrogens with one attached hydrogen (secondary N) is 1. The van der Waals surface area contributed by atoms with Gasteiger partial charge in [-0.2, -0.15) is 0 Å². The van der Waals surface area contributed by atoms with Crippen molar-refractivity contribution in [2.75, 3.05) is 31.6 Å². The second-order valence-corrected chi connectivity index (χ2v) is 5.65. The summed E-state index contributed by atoms with van der Waals surface area (Å²) in [6, 6.07) is 3.51. The van der Waals surface area contributed by atoms with Gasteiger partial charge in [-0.05, 0) is 31.9 Å². The Morgan fingerprint density at radius 1 is 1.57 bits per heavy atom. The lowest BCUT2D eigenvalue weighted by Crippen LogP contribution is -2.36. The molecule has 0 saturated carbocycles. The molecule has 0 spiro atoms. The van der Waals surface area contributed by atoms with Crippen molar-refractivity contribution in [2.45, 2.75) is 32.8 Å². The lowest BCUT2D eigenvalue weighted by atomic mass is 10.2. The van der Waals surface area contributed by atoms with Crippen molar-refractivity contribution >= 4 is 23.3 Å². The molecule has 6 heteroatoms. The normalized spacial score (nSPS) is 19.2. The second kappa shape index (κ2) is 7.61. The topological polar surface area (TPSA) is 54.5 Å². The number of rotatable bonds is 4. The molecule has 1 saturated heterocycles. The Morgan fingerprint density at radius 2 is 2.38 bits per heavy atom. The van der Waals surface area contributed by atoms with Gasteiger partial charge in [0.25, 0.3) is 5.91 Å². The molecule has 1 amide bonds. The summed E-state index contributed by atoms with van der Waals surface area (Å²) in [5.41, 5.74) is 0.312. The molecule has 5 nitrogen and oxygen atoms in total. The van der Waals surface area contributed by atoms with E-state index in [9.17, 15) is 4.79 Å². The number of halogens is 1. The van der Waals surface area contributed by atoms with E-state index in [0.29, 0.717) is 36.2 Å². The summed E-state index contributed by atoms with van der Waals surface area (Å²) in [4.78, 5) is 18.8. The largest absolute Gasteiger partial charge is 0.377 e. The number of pyridine rings is 1. The number of aromatic nitrogens is 1. The standard InChI is InChI=1S/C15H22ClN3O2/c1-3-7-17-13-6-5-12(16)14(18-13)15(20)19-8-4-9-21-11(2)10-19/h5-6,11H,3-4,7-10H2,1-2H3,(H,17,18). The van der Waals surface area contributed by atoms with Gasteiger partial charge in [-0.1, -0.05) is 18.5 Å². The summed E-state index contributed by atoms with van der Waals surface area (Å²) < 4.78 is 5.57. The van der Waals surface area contributed by atoms with E-state index in [4.69, 9.17) is 16.3 Å². The van der Waals surface area contributed by atoms with Gasteiger partial charge < -0.3 is 15.0 Å². The van der Waals surface area contributed by atoms with Gasteiger partial charge in [-0.25, -0.2) is 4.98 Å². The maximum Gasteiger partial charge on any atom is 0.274 e. The zero-order valence-corrected chi connectivity index (χ0v) is 13.3. The van der Waals surface area contributed by atoms with Crippen molar-refractivity contribution in [1.82, 2.24) is 9.88 Å². The first-order valence-electron chi connectivity index (χ1n) is 7.43. The Labute approximate surface area is 130 Å². The van der Waals surface area contributed by atoms with Crippen molar-refractivity contribution in [1.29, 1.82) is 0 Å². The number of anilines is 1. The van der Waals surface area contributed by atoms with Crippen LogP contribution in [-0.2, 0) is 4.74 Å². The van der Waals surface area contributed by atoms with Gasteiger partial charge in [0.15, 0.2) is 0 Å². The molecule has 0 bridgehead atoms. The minimum atomic E-state index is -0.127. The maximum absolute atomic E-state index is 12.6. The molecule has 2 rings (SSSR count). The number of hydrogen-bond acceptors (Lipinski definition) is 4. The van der Waals surface area contributed by atoms with E-state index in [1.807, 2.05) is 6.92 Å². The molecule has 1 aliphatic heterocycles. The van der Waals surface area contributed by atoms with E-state index in [-0.39, 0.29) is 12.0 Å². The van der Waals surface area contributed by atoms with Crippen LogP contribution in [0, 0.1) is 0 Å². The van der Waals surface area contributed by atoms with Crippen LogP contribution in [0.3, 0.4) is 0 Å². The Hall–Kier alpha value is -1.33. The minimum absolute atomic E-state index is 0.0385. The van der Waals surface area contributed by atoms with Crippen molar-refractivity contribution in [3.05, 3.63) is 22.8 Å². The predicted molar refractivity (Wildman–Crippen MR) is 84.0 cm³/mol. The Kier molecular flexibility index (Phi) is 5.82. The van der Waals surface area contributed by atoms with E-state index >= 15 is 0 Å². The molecule has 1 fully saturated rings. The highest BCUT2D eigenvalue weighted by Crippen LogP contribution is 2.20. The van der Waals surface area contributed by atoms with Gasteiger partial charge in [-0.3, -0.25) is 4.79 Å². The summed E-state index contributed by atoms with van der Waals surface area (Å²) in [6.45, 7) is 6.80. The molecule has 1 aromatic rings. The molecule has 1 unspecified atom stereocenters. The summed E-state index contributed by atoms with van der Waals surface area (Å²) in [5.74, 6) is 0.557. The number of amides is 1. The molecule has 0 radical (unpaired) electrons. The maximum atomic E-state index is 12.6. The fraction of sp³-hybridized carbons (Fsp3) is 0.600. The van der Waals surface area contributed by atoms with Crippen molar-refractivity contribution < 1.29 is 9.53 Å². The molecule has 21 heavy (non-hydrogen) atoms. The lowest BCUT2D eigenvalue weighted by molar-refractivity contribution is 0.0559. The van der Waals surface area contributed by atoms with Crippen LogP contribution in [0.25, 0.3) is 0 Å². The van der Waals surface area contributed by atoms with Gasteiger partial charge in [0, 0.05) is 26.2 Å². The number of nitrogens with zero attached hydrogens (tertiary/aromatic N) is 2. The van der Waals surface area contributed by atoms with Crippen molar-refractivity contribution in [2.24, 2.45) is 0 Å². The van der Waals surface area contributed by atoms with Gasteiger partial charge >= 0.3 is 0 Å². The first-order valence-corrected chi connectivity index (χ1v) is 7.81. The van der Waals surface area contributed by atoms with Crippen LogP contribution in [0.5, 0.6) is 0 Å². The van der Waals surface area contributed by atoms with Gasteiger partial charge in [0.1, 0.15) is 11.5 Å². The quantitative estimate of drug-likeness (QED) is 0.929. The third kappa shape index (κ3) is 4.32. The molecule has 2 heterocycles. The monoisotopic (exact) mass is 311 g/mol. The highest BCUT2D eigenvalue weighted by Gasteiger charge is 2.24. The molecule has 1 atom stereocenters. The molecule has 1 N–H and O–H groups in total. The van der Waals surface area contributed by atoms with Crippen LogP contribution >= 0.6 is 11.6 Å². The molecule has 1 aliphatic rings. The van der Waals surface area contributed by atoms with E-state index in [2.05, 4.69) is 17.2 Å². The Morgan fingerprint density at radius 3 is 3.14 bits per heavy atom. The molecular weight excluding hydrogens is 290 g/mol. The van der Waals surface area contributed by atoms with Crippen LogP contribution in [0.2, 0.25) is 5.02 Å². The van der Waals surface area contributed by atoms with Crippen molar-refractivity contribution in [3.8, 4) is 0 Å². The van der Waals surface area contributed by atoms with Crippen LogP contribution < -0.4 is 5.32 Å². The van der Waals surface area contributed by atoms with Gasteiger partial charge in [0.05, 0.1) is 11.1 Å². The van der Waals surface area contributed by atoms with Gasteiger partial charge in [-0.15, -0.1) is 0 Å². The van der Waals surface area contributed by atoms with Crippen molar-refractivity contribution in [3.63, 3.8) is 0 Å². The first-order chi connectivity index (χ1) is 10.1. The van der Waals surface area contributed by atoms with Crippen LogP contribution in [0.15, 0.2) is 12.1 Å². The van der Waals surface area contributed by atoms with E-state index in [1.165, 1.54) is 0 Å². The highest BCUT2D eigenvalue weighted by atomic mass is 35.5. The van der Waals surface area contributed by atoms with E-state index in [1.54, 1.807) is 17.0 Å². The fourth-order valence-corrected chi connectivity index (χ4v) is 2.46. The Bertz CT molecular complexity index is 496. The molecule has 1 aromatic heterocycles. The lowest BCUT2D eigenvalue weighted by Gasteiger charge is -2.22. The molecule has 116 valence electrons. The van der Waals surface area contributed by atoms with Gasteiger partial charge in [0.2, 0.25) is 0 Å². The SMILES string of the molecule is CCCNc1ccc(Cl)c(C(=O)N2CCCOC(C)C2)n1. The van der Waals surface area contributed by atoms with E-state index < -0.39 is 0 Å². The molecular formula is C15H22ClN3O2. The number of ether oxygens (including phenoxy) is 1. The number of hydrogen-bond donors (Lipinski definition) is 1. The van der Waals surface area contributed by atoms with E-state index in [0.717, 1.165) is 19.4 Å². The number of carbonyl (C=O) groups excluding carboxylic acids is 1. The van der Waals surface area contributed by atoms with Crippen LogP contribution in [0.4, 0.5) is 5.82 Å². The fourth-order valence-electron chi connectivity index (χ4n) is 2.27. The predicted octanol–water partition coefficient (Wildman–Crippen LogP) is 2.81. The average Bonchev–Trinajstić information content (AvgIpc) is 2.70. The number of carbonyl (C=O) groups is 1. The summed E-state index contributed by atoms with van der Waals surface area (Å²) >= 11 is 6.15. The zero-order valence-electron chi connectivity index (χ0n) is 12.6. The Balaban J connectivity index is 2.16. The first kappa shape index (κ1) is 16.0. The highest BCUT2D eigenvalue weighted by molar-refractivity contribution is 6.33. The molecule has 0 aliphatic carbocycles. The summed E-state index contributed by atoms with van der Waals surface area (Å²) in [5, 5.41) is 3.56.